The SMILES string of the molecule is CC(CO)C(C)NCC(O)COCC1CC1. The van der Waals surface area contributed by atoms with Crippen LogP contribution in [0.3, 0.4) is 0 Å². The molecule has 0 aliphatic heterocycles. The molecule has 1 rings (SSSR count). The van der Waals surface area contributed by atoms with Crippen molar-refractivity contribution < 1.29 is 14.9 Å². The van der Waals surface area contributed by atoms with Gasteiger partial charge in [-0.3, -0.25) is 0 Å². The van der Waals surface area contributed by atoms with Crippen molar-refractivity contribution >= 4 is 0 Å². The first-order valence-corrected chi connectivity index (χ1v) is 6.23. The molecule has 3 unspecified atom stereocenters. The van der Waals surface area contributed by atoms with Crippen LogP contribution in [0.2, 0.25) is 0 Å². The molecule has 1 saturated carbocycles. The molecule has 0 aromatic rings. The highest BCUT2D eigenvalue weighted by atomic mass is 16.5. The topological polar surface area (TPSA) is 61.7 Å². The Kier molecular flexibility index (Phi) is 6.28. The molecule has 4 heteroatoms. The van der Waals surface area contributed by atoms with Crippen LogP contribution in [0.25, 0.3) is 0 Å². The van der Waals surface area contributed by atoms with Crippen molar-refractivity contribution in [1.29, 1.82) is 0 Å². The maximum Gasteiger partial charge on any atom is 0.0897 e. The number of rotatable bonds is 9. The predicted octanol–water partition coefficient (Wildman–Crippen LogP) is 0.380. The molecular weight excluding hydrogens is 206 g/mol. The van der Waals surface area contributed by atoms with Gasteiger partial charge in [-0.1, -0.05) is 6.92 Å². The van der Waals surface area contributed by atoms with Gasteiger partial charge < -0.3 is 20.3 Å². The number of hydrogen-bond donors (Lipinski definition) is 3. The Hall–Kier alpha value is -0.160. The van der Waals surface area contributed by atoms with Crippen molar-refractivity contribution in [2.45, 2.75) is 38.8 Å². The summed E-state index contributed by atoms with van der Waals surface area (Å²) in [5, 5.41) is 21.8. The predicted molar refractivity (Wildman–Crippen MR) is 63.3 cm³/mol. The zero-order valence-corrected chi connectivity index (χ0v) is 10.4. The van der Waals surface area contributed by atoms with E-state index in [2.05, 4.69) is 5.32 Å². The van der Waals surface area contributed by atoms with Crippen LogP contribution in [0.15, 0.2) is 0 Å². The number of hydrogen-bond acceptors (Lipinski definition) is 4. The van der Waals surface area contributed by atoms with Crippen molar-refractivity contribution in [3.05, 3.63) is 0 Å². The van der Waals surface area contributed by atoms with Gasteiger partial charge in [0, 0.05) is 25.8 Å². The van der Waals surface area contributed by atoms with Crippen molar-refractivity contribution in [1.82, 2.24) is 5.32 Å². The average Bonchev–Trinajstić information content (AvgIpc) is 3.08. The van der Waals surface area contributed by atoms with Crippen molar-refractivity contribution in [2.24, 2.45) is 11.8 Å². The summed E-state index contributed by atoms with van der Waals surface area (Å²) in [4.78, 5) is 0. The molecule has 1 fully saturated rings. The van der Waals surface area contributed by atoms with Gasteiger partial charge >= 0.3 is 0 Å². The van der Waals surface area contributed by atoms with E-state index in [0.29, 0.717) is 13.2 Å². The minimum absolute atomic E-state index is 0.169. The Labute approximate surface area is 98.0 Å². The summed E-state index contributed by atoms with van der Waals surface area (Å²) >= 11 is 0. The third kappa shape index (κ3) is 5.80. The van der Waals surface area contributed by atoms with E-state index >= 15 is 0 Å². The summed E-state index contributed by atoms with van der Waals surface area (Å²) < 4.78 is 5.40. The maximum absolute atomic E-state index is 9.64. The molecule has 0 amide bonds. The second-order valence-corrected chi connectivity index (χ2v) is 4.99. The summed E-state index contributed by atoms with van der Waals surface area (Å²) in [5.74, 6) is 0.952. The molecule has 0 spiro atoms. The van der Waals surface area contributed by atoms with Gasteiger partial charge in [-0.2, -0.15) is 0 Å². The summed E-state index contributed by atoms with van der Waals surface area (Å²) in [6, 6.07) is 0.211. The van der Waals surface area contributed by atoms with Crippen LogP contribution in [0, 0.1) is 11.8 Å². The van der Waals surface area contributed by atoms with E-state index in [-0.39, 0.29) is 18.6 Å². The van der Waals surface area contributed by atoms with Gasteiger partial charge in [0.05, 0.1) is 12.7 Å². The molecule has 0 heterocycles. The van der Waals surface area contributed by atoms with Crippen molar-refractivity contribution in [3.8, 4) is 0 Å². The van der Waals surface area contributed by atoms with E-state index in [4.69, 9.17) is 9.84 Å². The van der Waals surface area contributed by atoms with Crippen LogP contribution >= 0.6 is 0 Å². The molecular formula is C12H25NO3. The molecule has 0 bridgehead atoms. The third-order valence-corrected chi connectivity index (χ3v) is 3.18. The Morgan fingerprint density at radius 2 is 2.06 bits per heavy atom. The Morgan fingerprint density at radius 3 is 2.62 bits per heavy atom. The Bertz CT molecular complexity index is 185. The lowest BCUT2D eigenvalue weighted by molar-refractivity contribution is 0.0301. The summed E-state index contributed by atoms with van der Waals surface area (Å²) in [6.45, 7) is 5.88. The highest BCUT2D eigenvalue weighted by Gasteiger charge is 2.21. The average molecular weight is 231 g/mol. The third-order valence-electron chi connectivity index (χ3n) is 3.18. The highest BCUT2D eigenvalue weighted by Crippen LogP contribution is 2.28. The van der Waals surface area contributed by atoms with Gasteiger partial charge in [-0.25, -0.2) is 0 Å². The molecule has 0 radical (unpaired) electrons. The first-order valence-electron chi connectivity index (χ1n) is 6.23. The summed E-state index contributed by atoms with van der Waals surface area (Å²) in [5.41, 5.74) is 0. The largest absolute Gasteiger partial charge is 0.396 e. The van der Waals surface area contributed by atoms with E-state index in [1.165, 1.54) is 12.8 Å². The van der Waals surface area contributed by atoms with Gasteiger partial charge in [-0.15, -0.1) is 0 Å². The maximum atomic E-state index is 9.64. The lowest BCUT2D eigenvalue weighted by atomic mass is 10.1. The molecule has 3 atom stereocenters. The number of ether oxygens (including phenoxy) is 1. The molecule has 0 aromatic carbocycles. The first-order chi connectivity index (χ1) is 7.63. The van der Waals surface area contributed by atoms with Gasteiger partial charge in [0.1, 0.15) is 0 Å². The molecule has 1 aliphatic carbocycles. The van der Waals surface area contributed by atoms with Crippen LogP contribution in [0.5, 0.6) is 0 Å². The molecule has 16 heavy (non-hydrogen) atoms. The normalized spacial score (nSPS) is 21.8. The minimum Gasteiger partial charge on any atom is -0.396 e. The lowest BCUT2D eigenvalue weighted by Gasteiger charge is -2.21. The molecule has 0 saturated heterocycles. The molecule has 1 aliphatic rings. The fraction of sp³-hybridized carbons (Fsp3) is 1.00. The van der Waals surface area contributed by atoms with E-state index in [0.717, 1.165) is 12.5 Å². The van der Waals surface area contributed by atoms with E-state index in [1.807, 2.05) is 13.8 Å². The first kappa shape index (κ1) is 13.9. The van der Waals surface area contributed by atoms with E-state index < -0.39 is 6.10 Å². The van der Waals surface area contributed by atoms with E-state index in [9.17, 15) is 5.11 Å². The van der Waals surface area contributed by atoms with Gasteiger partial charge in [0.25, 0.3) is 0 Å². The van der Waals surface area contributed by atoms with E-state index in [1.54, 1.807) is 0 Å². The monoisotopic (exact) mass is 231 g/mol. The minimum atomic E-state index is -0.452. The van der Waals surface area contributed by atoms with Crippen molar-refractivity contribution in [2.75, 3.05) is 26.4 Å². The number of aliphatic hydroxyl groups is 2. The Morgan fingerprint density at radius 1 is 1.38 bits per heavy atom. The number of nitrogens with one attached hydrogen (secondary N) is 1. The van der Waals surface area contributed by atoms with Gasteiger partial charge in [0.2, 0.25) is 0 Å². The fourth-order valence-electron chi connectivity index (χ4n) is 1.40. The van der Waals surface area contributed by atoms with Crippen LogP contribution < -0.4 is 5.32 Å². The summed E-state index contributed by atoms with van der Waals surface area (Å²) in [7, 11) is 0. The zero-order chi connectivity index (χ0) is 12.0. The smallest absolute Gasteiger partial charge is 0.0897 e. The van der Waals surface area contributed by atoms with Crippen LogP contribution in [0.1, 0.15) is 26.7 Å². The molecule has 0 aromatic heterocycles. The zero-order valence-electron chi connectivity index (χ0n) is 10.4. The fourth-order valence-corrected chi connectivity index (χ4v) is 1.40. The standard InChI is InChI=1S/C12H25NO3/c1-9(6-14)10(2)13-5-12(15)8-16-7-11-3-4-11/h9-15H,3-8H2,1-2H3. The quantitative estimate of drug-likeness (QED) is 0.537. The van der Waals surface area contributed by atoms with Gasteiger partial charge in [0.15, 0.2) is 0 Å². The van der Waals surface area contributed by atoms with Crippen LogP contribution in [0.4, 0.5) is 0 Å². The van der Waals surface area contributed by atoms with Crippen molar-refractivity contribution in [3.63, 3.8) is 0 Å². The lowest BCUT2D eigenvalue weighted by Crippen LogP contribution is -2.40. The highest BCUT2D eigenvalue weighted by molar-refractivity contribution is 4.73. The molecule has 96 valence electrons. The van der Waals surface area contributed by atoms with Crippen LogP contribution in [-0.2, 0) is 4.74 Å². The number of aliphatic hydroxyl groups excluding tert-OH is 2. The molecule has 4 nitrogen and oxygen atoms in total. The second-order valence-electron chi connectivity index (χ2n) is 4.99. The second kappa shape index (κ2) is 7.22. The Balaban J connectivity index is 1.97. The molecule has 3 N–H and O–H groups in total. The summed E-state index contributed by atoms with van der Waals surface area (Å²) in [6.07, 6.45) is 2.10. The van der Waals surface area contributed by atoms with Crippen LogP contribution in [-0.4, -0.2) is 48.7 Å². The van der Waals surface area contributed by atoms with Gasteiger partial charge in [-0.05, 0) is 31.6 Å².